The molecular formula is C37H43N. The van der Waals surface area contributed by atoms with Gasteiger partial charge < -0.3 is 4.57 Å². The summed E-state index contributed by atoms with van der Waals surface area (Å²) in [5.41, 5.74) is 11.8. The molecule has 1 nitrogen and oxygen atoms in total. The molecule has 196 valence electrons. The Morgan fingerprint density at radius 1 is 0.816 bits per heavy atom. The molecule has 3 aromatic carbocycles. The minimum absolute atomic E-state index is 0.0113. The van der Waals surface area contributed by atoms with E-state index in [1.165, 1.54) is 52.8 Å². The highest BCUT2D eigenvalue weighted by atomic mass is 15.0. The lowest BCUT2D eigenvalue weighted by atomic mass is 9.70. The van der Waals surface area contributed by atoms with Crippen LogP contribution in [0.1, 0.15) is 73.9 Å². The Labute approximate surface area is 230 Å². The summed E-state index contributed by atoms with van der Waals surface area (Å²) in [6.45, 7) is 11.3. The average molecular weight is 502 g/mol. The summed E-state index contributed by atoms with van der Waals surface area (Å²) in [6, 6.07) is 35.3. The standard InChI is InChI=1S/C35H37N.C2H6/c1-3-31(26-29-14-7-4-8-15-29)32-18-13-23-35(24-21-32,33-19-11-6-12-20-33)34-28(2)22-25-36(34)27-30-16-9-5-10-17-30;1-2/h4-12,14-17,19-20,22,25,32H,1,13,18,21,23-24,26-27H2,2H3;1-2H3. The molecule has 5 rings (SSSR count). The van der Waals surface area contributed by atoms with Crippen LogP contribution in [0.4, 0.5) is 0 Å². The van der Waals surface area contributed by atoms with Crippen LogP contribution in [-0.4, -0.2) is 4.57 Å². The first-order valence-electron chi connectivity index (χ1n) is 14.4. The van der Waals surface area contributed by atoms with Gasteiger partial charge >= 0.3 is 0 Å². The first kappa shape index (κ1) is 27.5. The second-order valence-corrected chi connectivity index (χ2v) is 10.4. The Balaban J connectivity index is 0.00000164. The van der Waals surface area contributed by atoms with Gasteiger partial charge in [0, 0.05) is 30.3 Å². The van der Waals surface area contributed by atoms with E-state index in [1.807, 2.05) is 13.8 Å². The van der Waals surface area contributed by atoms with E-state index in [0.29, 0.717) is 5.92 Å². The van der Waals surface area contributed by atoms with Gasteiger partial charge in [-0.3, -0.25) is 0 Å². The van der Waals surface area contributed by atoms with Crippen molar-refractivity contribution in [3.63, 3.8) is 0 Å². The Kier molecular flexibility index (Phi) is 9.63. The fourth-order valence-electron chi connectivity index (χ4n) is 6.42. The molecule has 1 aliphatic carbocycles. The van der Waals surface area contributed by atoms with Gasteiger partial charge in [-0.25, -0.2) is 0 Å². The SMILES string of the molecule is C=C=C(Cc1ccccc1)C1CCCC(c2ccccc2)(c2c(C)ccn2Cc2ccccc2)CC1.CC. The van der Waals surface area contributed by atoms with Crippen LogP contribution in [0, 0.1) is 12.8 Å². The minimum atomic E-state index is 0.0113. The van der Waals surface area contributed by atoms with E-state index in [2.05, 4.69) is 127 Å². The van der Waals surface area contributed by atoms with Crippen LogP contribution in [0.5, 0.6) is 0 Å². The van der Waals surface area contributed by atoms with Gasteiger partial charge in [0.25, 0.3) is 0 Å². The number of hydrogen-bond donors (Lipinski definition) is 0. The molecule has 1 heterocycles. The molecule has 1 fully saturated rings. The van der Waals surface area contributed by atoms with Crippen molar-refractivity contribution < 1.29 is 0 Å². The van der Waals surface area contributed by atoms with Crippen molar-refractivity contribution in [2.45, 2.75) is 71.3 Å². The molecule has 38 heavy (non-hydrogen) atoms. The van der Waals surface area contributed by atoms with Crippen molar-refractivity contribution in [1.82, 2.24) is 4.57 Å². The Morgan fingerprint density at radius 3 is 2.05 bits per heavy atom. The van der Waals surface area contributed by atoms with Crippen LogP contribution in [-0.2, 0) is 18.4 Å². The molecule has 0 saturated heterocycles. The normalized spacial score (nSPS) is 19.0. The van der Waals surface area contributed by atoms with Gasteiger partial charge in [-0.1, -0.05) is 118 Å². The van der Waals surface area contributed by atoms with E-state index in [4.69, 9.17) is 0 Å². The molecule has 2 unspecified atom stereocenters. The summed E-state index contributed by atoms with van der Waals surface area (Å²) in [4.78, 5) is 0. The van der Waals surface area contributed by atoms with E-state index in [0.717, 1.165) is 25.8 Å². The summed E-state index contributed by atoms with van der Waals surface area (Å²) in [6.07, 6.45) is 9.14. The van der Waals surface area contributed by atoms with Gasteiger partial charge in [0.05, 0.1) is 0 Å². The van der Waals surface area contributed by atoms with E-state index < -0.39 is 0 Å². The van der Waals surface area contributed by atoms with Crippen LogP contribution in [0.15, 0.2) is 121 Å². The Hall–Kier alpha value is -3.54. The largest absolute Gasteiger partial charge is 0.346 e. The van der Waals surface area contributed by atoms with E-state index in [1.54, 1.807) is 0 Å². The molecule has 0 aliphatic heterocycles. The summed E-state index contributed by atoms with van der Waals surface area (Å²) in [5, 5.41) is 0. The van der Waals surface area contributed by atoms with E-state index in [-0.39, 0.29) is 5.41 Å². The number of hydrogen-bond acceptors (Lipinski definition) is 0. The van der Waals surface area contributed by atoms with E-state index in [9.17, 15) is 0 Å². The monoisotopic (exact) mass is 501 g/mol. The maximum atomic E-state index is 4.12. The first-order chi connectivity index (χ1) is 18.7. The minimum Gasteiger partial charge on any atom is -0.346 e. The number of benzene rings is 3. The molecule has 0 N–H and O–H groups in total. The number of aryl methyl sites for hydroxylation is 1. The number of nitrogens with zero attached hydrogens (tertiary/aromatic N) is 1. The maximum Gasteiger partial charge on any atom is 0.0473 e. The zero-order chi connectivity index (χ0) is 26.8. The molecule has 1 aliphatic rings. The predicted molar refractivity (Wildman–Crippen MR) is 163 cm³/mol. The highest BCUT2D eigenvalue weighted by Crippen LogP contribution is 2.47. The number of allylic oxidation sites excluding steroid dienone is 1. The maximum absolute atomic E-state index is 4.12. The quantitative estimate of drug-likeness (QED) is 0.175. The fraction of sp³-hybridized carbons (Fsp3) is 0.324. The average Bonchev–Trinajstić information content (AvgIpc) is 3.20. The second kappa shape index (κ2) is 13.3. The van der Waals surface area contributed by atoms with Crippen molar-refractivity contribution in [2.75, 3.05) is 0 Å². The van der Waals surface area contributed by atoms with E-state index >= 15 is 0 Å². The van der Waals surface area contributed by atoms with Crippen LogP contribution in [0.3, 0.4) is 0 Å². The van der Waals surface area contributed by atoms with Crippen LogP contribution < -0.4 is 0 Å². The van der Waals surface area contributed by atoms with Gasteiger partial charge in [0.1, 0.15) is 0 Å². The fourth-order valence-corrected chi connectivity index (χ4v) is 6.42. The van der Waals surface area contributed by atoms with Crippen molar-refractivity contribution in [1.29, 1.82) is 0 Å². The second-order valence-electron chi connectivity index (χ2n) is 10.4. The molecule has 0 amide bonds. The van der Waals surface area contributed by atoms with Crippen LogP contribution in [0.25, 0.3) is 0 Å². The summed E-state index contributed by atoms with van der Waals surface area (Å²) in [7, 11) is 0. The van der Waals surface area contributed by atoms with Crippen LogP contribution >= 0.6 is 0 Å². The third-order valence-corrected chi connectivity index (χ3v) is 8.17. The lowest BCUT2D eigenvalue weighted by Gasteiger charge is -2.36. The molecule has 0 spiro atoms. The third kappa shape index (κ3) is 6.12. The van der Waals surface area contributed by atoms with Gasteiger partial charge in [-0.2, -0.15) is 0 Å². The summed E-state index contributed by atoms with van der Waals surface area (Å²) in [5.74, 6) is 0.533. The van der Waals surface area contributed by atoms with Crippen molar-refractivity contribution in [3.05, 3.63) is 149 Å². The van der Waals surface area contributed by atoms with Gasteiger partial charge in [0.2, 0.25) is 0 Å². The lowest BCUT2D eigenvalue weighted by Crippen LogP contribution is -2.31. The Morgan fingerprint density at radius 2 is 1.42 bits per heavy atom. The van der Waals surface area contributed by atoms with Crippen molar-refractivity contribution >= 4 is 0 Å². The van der Waals surface area contributed by atoms with Crippen LogP contribution in [0.2, 0.25) is 0 Å². The predicted octanol–water partition coefficient (Wildman–Crippen LogP) is 9.69. The highest BCUT2D eigenvalue weighted by Gasteiger charge is 2.40. The van der Waals surface area contributed by atoms with Crippen molar-refractivity contribution in [3.8, 4) is 0 Å². The smallest absolute Gasteiger partial charge is 0.0473 e. The van der Waals surface area contributed by atoms with Gasteiger partial charge in [0.15, 0.2) is 0 Å². The molecule has 0 bridgehead atoms. The molecule has 1 aromatic heterocycles. The first-order valence-corrected chi connectivity index (χ1v) is 14.4. The third-order valence-electron chi connectivity index (χ3n) is 8.17. The number of aromatic nitrogens is 1. The molecule has 4 aromatic rings. The molecule has 1 saturated carbocycles. The zero-order valence-corrected chi connectivity index (χ0v) is 23.5. The molecular weight excluding hydrogens is 458 g/mol. The molecule has 0 radical (unpaired) electrons. The molecule has 1 heteroatoms. The summed E-state index contributed by atoms with van der Waals surface area (Å²) >= 11 is 0. The van der Waals surface area contributed by atoms with Crippen molar-refractivity contribution in [2.24, 2.45) is 5.92 Å². The highest BCUT2D eigenvalue weighted by molar-refractivity contribution is 5.42. The Bertz CT molecular complexity index is 1310. The topological polar surface area (TPSA) is 4.93 Å². The number of rotatable bonds is 7. The summed E-state index contributed by atoms with van der Waals surface area (Å²) < 4.78 is 2.52. The zero-order valence-electron chi connectivity index (χ0n) is 23.5. The van der Waals surface area contributed by atoms with Gasteiger partial charge in [-0.05, 0) is 72.4 Å². The lowest BCUT2D eigenvalue weighted by molar-refractivity contribution is 0.408. The molecule has 2 atom stereocenters. The van der Waals surface area contributed by atoms with Gasteiger partial charge in [-0.15, -0.1) is 5.73 Å².